The number of nitrogens with zero attached hydrogens (tertiary/aromatic N) is 4. The van der Waals surface area contributed by atoms with Gasteiger partial charge >= 0.3 is 0 Å². The highest BCUT2D eigenvalue weighted by Gasteiger charge is 2.07. The van der Waals surface area contributed by atoms with Gasteiger partial charge in [0.1, 0.15) is 5.82 Å². The van der Waals surface area contributed by atoms with Crippen molar-refractivity contribution in [2.75, 3.05) is 11.9 Å². The first kappa shape index (κ1) is 11.6. The second-order valence-corrected chi connectivity index (χ2v) is 4.10. The molecule has 2 heterocycles. The van der Waals surface area contributed by atoms with E-state index in [1.807, 2.05) is 23.9 Å². The largest absolute Gasteiger partial charge is 0.370 e. The molecule has 1 N–H and O–H groups in total. The number of anilines is 1. The van der Waals surface area contributed by atoms with E-state index in [9.17, 15) is 0 Å². The Labute approximate surface area is 101 Å². The molecule has 0 aromatic carbocycles. The summed E-state index contributed by atoms with van der Waals surface area (Å²) in [6.45, 7) is 7.07. The van der Waals surface area contributed by atoms with Crippen LogP contribution in [0.25, 0.3) is 11.4 Å². The Kier molecular flexibility index (Phi) is 3.37. The van der Waals surface area contributed by atoms with Crippen molar-refractivity contribution >= 4 is 5.82 Å². The van der Waals surface area contributed by atoms with Crippen molar-refractivity contribution in [3.63, 3.8) is 0 Å². The minimum atomic E-state index is 0.348. The van der Waals surface area contributed by atoms with Gasteiger partial charge in [-0.2, -0.15) is 5.10 Å². The molecule has 0 bridgehead atoms. The summed E-state index contributed by atoms with van der Waals surface area (Å²) < 4.78 is 1.90. The van der Waals surface area contributed by atoms with Gasteiger partial charge in [-0.25, -0.2) is 9.97 Å². The van der Waals surface area contributed by atoms with E-state index in [1.165, 1.54) is 0 Å². The first-order valence-corrected chi connectivity index (χ1v) is 5.82. The molecule has 5 nitrogen and oxygen atoms in total. The Hall–Kier alpha value is -1.91. The number of aromatic nitrogens is 4. The van der Waals surface area contributed by atoms with Gasteiger partial charge in [0.05, 0.1) is 11.8 Å². The molecule has 2 aromatic heterocycles. The molecule has 0 aliphatic heterocycles. The average Bonchev–Trinajstić information content (AvgIpc) is 2.79. The fourth-order valence-corrected chi connectivity index (χ4v) is 1.51. The lowest BCUT2D eigenvalue weighted by Crippen LogP contribution is -2.01. The van der Waals surface area contributed by atoms with Crippen LogP contribution in [0, 0.1) is 0 Å². The highest BCUT2D eigenvalue weighted by Crippen LogP contribution is 2.16. The monoisotopic (exact) mass is 231 g/mol. The van der Waals surface area contributed by atoms with Crippen molar-refractivity contribution in [3.05, 3.63) is 24.7 Å². The third-order valence-electron chi connectivity index (χ3n) is 2.40. The first-order chi connectivity index (χ1) is 8.20. The zero-order chi connectivity index (χ0) is 12.3. The van der Waals surface area contributed by atoms with Crippen molar-refractivity contribution in [2.24, 2.45) is 0 Å². The van der Waals surface area contributed by atoms with Gasteiger partial charge in [0, 0.05) is 25.0 Å². The lowest BCUT2D eigenvalue weighted by Gasteiger charge is -2.04. The summed E-state index contributed by atoms with van der Waals surface area (Å²) in [6, 6.07) is 2.21. The topological polar surface area (TPSA) is 55.6 Å². The highest BCUT2D eigenvalue weighted by molar-refractivity contribution is 5.54. The van der Waals surface area contributed by atoms with E-state index in [2.05, 4.69) is 34.2 Å². The maximum Gasteiger partial charge on any atom is 0.164 e. The molecule has 90 valence electrons. The fraction of sp³-hybridized carbons (Fsp3) is 0.417. The lowest BCUT2D eigenvalue weighted by atomic mass is 10.3. The second kappa shape index (κ2) is 4.95. The van der Waals surface area contributed by atoms with E-state index < -0.39 is 0 Å². The minimum absolute atomic E-state index is 0.348. The summed E-state index contributed by atoms with van der Waals surface area (Å²) >= 11 is 0. The van der Waals surface area contributed by atoms with Crippen LogP contribution < -0.4 is 5.32 Å². The molecule has 0 aliphatic rings. The van der Waals surface area contributed by atoms with Crippen molar-refractivity contribution in [1.29, 1.82) is 0 Å². The van der Waals surface area contributed by atoms with Gasteiger partial charge in [0.15, 0.2) is 5.82 Å². The molecule has 0 atom stereocenters. The van der Waals surface area contributed by atoms with Crippen LogP contribution in [-0.4, -0.2) is 26.3 Å². The molecular weight excluding hydrogens is 214 g/mol. The second-order valence-electron chi connectivity index (χ2n) is 4.10. The number of hydrogen-bond acceptors (Lipinski definition) is 4. The van der Waals surface area contributed by atoms with Crippen LogP contribution in [0.1, 0.15) is 26.8 Å². The molecule has 0 spiro atoms. The van der Waals surface area contributed by atoms with Gasteiger partial charge < -0.3 is 5.32 Å². The van der Waals surface area contributed by atoms with Crippen LogP contribution in [0.15, 0.2) is 24.7 Å². The minimum Gasteiger partial charge on any atom is -0.370 e. The quantitative estimate of drug-likeness (QED) is 0.877. The molecule has 0 radical (unpaired) electrons. The Morgan fingerprint density at radius 1 is 1.41 bits per heavy atom. The number of hydrogen-bond donors (Lipinski definition) is 1. The summed E-state index contributed by atoms with van der Waals surface area (Å²) in [5.74, 6) is 1.55. The first-order valence-electron chi connectivity index (χ1n) is 5.82. The number of nitrogens with one attached hydrogen (secondary N) is 1. The maximum atomic E-state index is 4.43. The van der Waals surface area contributed by atoms with Crippen LogP contribution in [0.3, 0.4) is 0 Å². The van der Waals surface area contributed by atoms with Crippen molar-refractivity contribution in [1.82, 2.24) is 19.7 Å². The van der Waals surface area contributed by atoms with Gasteiger partial charge in [0.2, 0.25) is 0 Å². The van der Waals surface area contributed by atoms with Crippen LogP contribution in [0.5, 0.6) is 0 Å². The smallest absolute Gasteiger partial charge is 0.164 e. The zero-order valence-electron chi connectivity index (χ0n) is 10.4. The van der Waals surface area contributed by atoms with E-state index >= 15 is 0 Å². The number of rotatable bonds is 4. The summed E-state index contributed by atoms with van der Waals surface area (Å²) in [5, 5.41) is 7.45. The standard InChI is InChI=1S/C12H17N5/c1-4-13-11-5-6-14-12(16-11)10-7-15-17(8-10)9(2)3/h5-9H,4H2,1-3H3,(H,13,14,16). The van der Waals surface area contributed by atoms with Gasteiger partial charge in [-0.3, -0.25) is 4.68 Å². The van der Waals surface area contributed by atoms with Crippen molar-refractivity contribution in [2.45, 2.75) is 26.8 Å². The molecule has 0 unspecified atom stereocenters. The normalized spacial score (nSPS) is 10.8. The Morgan fingerprint density at radius 2 is 2.24 bits per heavy atom. The van der Waals surface area contributed by atoms with Gasteiger partial charge in [-0.1, -0.05) is 0 Å². The van der Waals surface area contributed by atoms with E-state index in [0.29, 0.717) is 11.9 Å². The summed E-state index contributed by atoms with van der Waals surface area (Å²) in [6.07, 6.45) is 5.52. The van der Waals surface area contributed by atoms with E-state index in [0.717, 1.165) is 17.9 Å². The highest BCUT2D eigenvalue weighted by atomic mass is 15.3. The fourth-order valence-electron chi connectivity index (χ4n) is 1.51. The lowest BCUT2D eigenvalue weighted by molar-refractivity contribution is 0.532. The molecule has 5 heteroatoms. The predicted molar refractivity (Wildman–Crippen MR) is 67.8 cm³/mol. The third-order valence-corrected chi connectivity index (χ3v) is 2.40. The molecule has 0 fully saturated rings. The van der Waals surface area contributed by atoms with Crippen molar-refractivity contribution in [3.8, 4) is 11.4 Å². The molecule has 0 saturated carbocycles. The summed E-state index contributed by atoms with van der Waals surface area (Å²) in [5.41, 5.74) is 0.943. The van der Waals surface area contributed by atoms with Crippen LogP contribution in [0.2, 0.25) is 0 Å². The van der Waals surface area contributed by atoms with E-state index in [4.69, 9.17) is 0 Å². The van der Waals surface area contributed by atoms with Gasteiger partial charge in [-0.05, 0) is 26.8 Å². The predicted octanol–water partition coefficient (Wildman–Crippen LogP) is 2.35. The average molecular weight is 231 g/mol. The van der Waals surface area contributed by atoms with Crippen molar-refractivity contribution < 1.29 is 0 Å². The van der Waals surface area contributed by atoms with E-state index in [-0.39, 0.29) is 0 Å². The molecule has 17 heavy (non-hydrogen) atoms. The van der Waals surface area contributed by atoms with Crippen LogP contribution in [0.4, 0.5) is 5.82 Å². The van der Waals surface area contributed by atoms with Gasteiger partial charge in [0.25, 0.3) is 0 Å². The molecule has 0 amide bonds. The molecule has 2 rings (SSSR count). The summed E-state index contributed by atoms with van der Waals surface area (Å²) in [4.78, 5) is 8.69. The molecular formula is C12H17N5. The van der Waals surface area contributed by atoms with E-state index in [1.54, 1.807) is 12.4 Å². The molecule has 0 saturated heterocycles. The molecule has 0 aliphatic carbocycles. The summed E-state index contributed by atoms with van der Waals surface area (Å²) in [7, 11) is 0. The SMILES string of the molecule is CCNc1ccnc(-c2cnn(C(C)C)c2)n1. The maximum absolute atomic E-state index is 4.43. The third kappa shape index (κ3) is 2.61. The zero-order valence-corrected chi connectivity index (χ0v) is 10.4. The van der Waals surface area contributed by atoms with Crippen LogP contribution >= 0.6 is 0 Å². The van der Waals surface area contributed by atoms with Gasteiger partial charge in [-0.15, -0.1) is 0 Å². The molecule has 2 aromatic rings. The Balaban J connectivity index is 2.28. The Morgan fingerprint density at radius 3 is 2.88 bits per heavy atom. The Bertz CT molecular complexity index is 489. The van der Waals surface area contributed by atoms with Crippen LogP contribution in [-0.2, 0) is 0 Å².